The summed E-state index contributed by atoms with van der Waals surface area (Å²) in [4.78, 5) is 2.32. The Balaban J connectivity index is 2.05. The zero-order valence-corrected chi connectivity index (χ0v) is 7.41. The third kappa shape index (κ3) is 3.49. The van der Waals surface area contributed by atoms with Crippen molar-refractivity contribution in [3.63, 3.8) is 0 Å². The maximum absolute atomic E-state index is 8.70. The molecule has 4 heteroatoms. The number of aliphatic hydroxyl groups excluding tert-OH is 1. The summed E-state index contributed by atoms with van der Waals surface area (Å²) >= 11 is 0. The fourth-order valence-corrected chi connectivity index (χ4v) is 1.26. The summed E-state index contributed by atoms with van der Waals surface area (Å²) in [5.74, 6) is 0. The summed E-state index contributed by atoms with van der Waals surface area (Å²) < 4.78 is 5.21. The largest absolute Gasteiger partial charge is 0.395 e. The van der Waals surface area contributed by atoms with Crippen molar-refractivity contribution in [1.29, 1.82) is 0 Å². The molecule has 0 bridgehead atoms. The van der Waals surface area contributed by atoms with Crippen LogP contribution in [0.3, 0.4) is 0 Å². The zero-order chi connectivity index (χ0) is 8.81. The topological polar surface area (TPSA) is 58.7 Å². The van der Waals surface area contributed by atoms with E-state index in [0.29, 0.717) is 0 Å². The highest BCUT2D eigenvalue weighted by Crippen LogP contribution is 1.98. The SMILES string of the molecule is N[C@H](CO)CCN1CCOCC1. The molecule has 0 aromatic carbocycles. The Hall–Kier alpha value is -0.160. The molecule has 0 radical (unpaired) electrons. The third-order valence-electron chi connectivity index (χ3n) is 2.15. The van der Waals surface area contributed by atoms with Gasteiger partial charge < -0.3 is 15.6 Å². The molecule has 1 aliphatic rings. The quantitative estimate of drug-likeness (QED) is 0.575. The van der Waals surface area contributed by atoms with Gasteiger partial charge in [-0.1, -0.05) is 0 Å². The van der Waals surface area contributed by atoms with E-state index in [9.17, 15) is 0 Å². The van der Waals surface area contributed by atoms with Crippen molar-refractivity contribution in [3.8, 4) is 0 Å². The lowest BCUT2D eigenvalue weighted by molar-refractivity contribution is 0.0358. The number of hydrogen-bond acceptors (Lipinski definition) is 4. The second-order valence-corrected chi connectivity index (χ2v) is 3.19. The molecule has 0 aromatic rings. The van der Waals surface area contributed by atoms with Gasteiger partial charge in [0.2, 0.25) is 0 Å². The number of hydrogen-bond donors (Lipinski definition) is 2. The van der Waals surface area contributed by atoms with Crippen LogP contribution in [0.2, 0.25) is 0 Å². The summed E-state index contributed by atoms with van der Waals surface area (Å²) in [5, 5.41) is 8.70. The second-order valence-electron chi connectivity index (χ2n) is 3.19. The lowest BCUT2D eigenvalue weighted by Gasteiger charge is -2.27. The molecule has 4 nitrogen and oxygen atoms in total. The molecule has 1 fully saturated rings. The Labute approximate surface area is 73.3 Å². The Kier molecular flexibility index (Phi) is 4.53. The van der Waals surface area contributed by atoms with Crippen molar-refractivity contribution in [2.45, 2.75) is 12.5 Å². The van der Waals surface area contributed by atoms with Crippen molar-refractivity contribution in [3.05, 3.63) is 0 Å². The van der Waals surface area contributed by atoms with E-state index < -0.39 is 0 Å². The molecule has 1 rings (SSSR count). The molecule has 3 N–H and O–H groups in total. The lowest BCUT2D eigenvalue weighted by Crippen LogP contribution is -2.39. The van der Waals surface area contributed by atoms with Crippen molar-refractivity contribution in [2.75, 3.05) is 39.5 Å². The highest BCUT2D eigenvalue weighted by molar-refractivity contribution is 4.66. The van der Waals surface area contributed by atoms with Crippen molar-refractivity contribution in [1.82, 2.24) is 4.90 Å². The van der Waals surface area contributed by atoms with E-state index in [1.165, 1.54) is 0 Å². The fraction of sp³-hybridized carbons (Fsp3) is 1.00. The lowest BCUT2D eigenvalue weighted by atomic mass is 10.2. The number of nitrogens with zero attached hydrogens (tertiary/aromatic N) is 1. The van der Waals surface area contributed by atoms with Crippen molar-refractivity contribution >= 4 is 0 Å². The van der Waals surface area contributed by atoms with Gasteiger partial charge in [0.25, 0.3) is 0 Å². The molecule has 1 heterocycles. The van der Waals surface area contributed by atoms with Crippen LogP contribution in [0.1, 0.15) is 6.42 Å². The van der Waals surface area contributed by atoms with Crippen LogP contribution in [0.5, 0.6) is 0 Å². The highest BCUT2D eigenvalue weighted by atomic mass is 16.5. The van der Waals surface area contributed by atoms with Crippen LogP contribution < -0.4 is 5.73 Å². The Bertz CT molecular complexity index is 116. The average molecular weight is 174 g/mol. The van der Waals surface area contributed by atoms with Crippen LogP contribution in [0.15, 0.2) is 0 Å². The van der Waals surface area contributed by atoms with Crippen LogP contribution >= 0.6 is 0 Å². The number of aliphatic hydroxyl groups is 1. The molecule has 0 aliphatic carbocycles. The smallest absolute Gasteiger partial charge is 0.0594 e. The second kappa shape index (κ2) is 5.48. The molecule has 0 unspecified atom stereocenters. The molecule has 1 saturated heterocycles. The first kappa shape index (κ1) is 9.92. The number of nitrogens with two attached hydrogens (primary N) is 1. The van der Waals surface area contributed by atoms with Gasteiger partial charge >= 0.3 is 0 Å². The standard InChI is InChI=1S/C8H18N2O2/c9-8(7-11)1-2-10-3-5-12-6-4-10/h8,11H,1-7,9H2/t8-/m0/s1. The van der Waals surface area contributed by atoms with Crippen LogP contribution in [0.4, 0.5) is 0 Å². The minimum atomic E-state index is -0.0622. The monoisotopic (exact) mass is 174 g/mol. The molecular weight excluding hydrogens is 156 g/mol. The van der Waals surface area contributed by atoms with E-state index in [1.807, 2.05) is 0 Å². The van der Waals surface area contributed by atoms with Gasteiger partial charge in [-0.15, -0.1) is 0 Å². The van der Waals surface area contributed by atoms with Crippen LogP contribution in [-0.2, 0) is 4.74 Å². The molecule has 0 saturated carbocycles. The summed E-state index contributed by atoms with van der Waals surface area (Å²) in [6, 6.07) is -0.0622. The van der Waals surface area contributed by atoms with Gasteiger partial charge in [0.05, 0.1) is 19.8 Å². The van der Waals surface area contributed by atoms with E-state index in [2.05, 4.69) is 4.90 Å². The molecule has 1 atom stereocenters. The molecule has 0 amide bonds. The molecule has 0 spiro atoms. The summed E-state index contributed by atoms with van der Waals surface area (Å²) in [7, 11) is 0. The summed E-state index contributed by atoms with van der Waals surface area (Å²) in [5.41, 5.74) is 5.58. The predicted molar refractivity (Wildman–Crippen MR) is 46.9 cm³/mol. The first-order valence-corrected chi connectivity index (χ1v) is 4.49. The molecular formula is C8H18N2O2. The maximum Gasteiger partial charge on any atom is 0.0594 e. The summed E-state index contributed by atoms with van der Waals surface area (Å²) in [6.45, 7) is 4.72. The maximum atomic E-state index is 8.70. The fourth-order valence-electron chi connectivity index (χ4n) is 1.26. The van der Waals surface area contributed by atoms with Gasteiger partial charge in [0, 0.05) is 19.1 Å². The van der Waals surface area contributed by atoms with Crippen LogP contribution in [0.25, 0.3) is 0 Å². The van der Waals surface area contributed by atoms with Gasteiger partial charge in [0.15, 0.2) is 0 Å². The molecule has 0 aromatic heterocycles. The van der Waals surface area contributed by atoms with Crippen molar-refractivity contribution < 1.29 is 9.84 Å². The van der Waals surface area contributed by atoms with Gasteiger partial charge in [-0.25, -0.2) is 0 Å². The van der Waals surface area contributed by atoms with E-state index in [4.69, 9.17) is 15.6 Å². The minimum absolute atomic E-state index is 0.0622. The van der Waals surface area contributed by atoms with E-state index >= 15 is 0 Å². The molecule has 72 valence electrons. The van der Waals surface area contributed by atoms with Gasteiger partial charge in [0.1, 0.15) is 0 Å². The number of ether oxygens (including phenoxy) is 1. The summed E-state index contributed by atoms with van der Waals surface area (Å²) in [6.07, 6.45) is 0.872. The highest BCUT2D eigenvalue weighted by Gasteiger charge is 2.10. The Morgan fingerprint density at radius 3 is 2.67 bits per heavy atom. The van der Waals surface area contributed by atoms with Crippen molar-refractivity contribution in [2.24, 2.45) is 5.73 Å². The average Bonchev–Trinajstić information content (AvgIpc) is 2.16. The van der Waals surface area contributed by atoms with Gasteiger partial charge in [-0.05, 0) is 13.0 Å². The van der Waals surface area contributed by atoms with E-state index in [0.717, 1.165) is 39.3 Å². The van der Waals surface area contributed by atoms with Crippen LogP contribution in [-0.4, -0.2) is 55.5 Å². The van der Waals surface area contributed by atoms with Gasteiger partial charge in [-0.2, -0.15) is 0 Å². The van der Waals surface area contributed by atoms with E-state index in [1.54, 1.807) is 0 Å². The van der Waals surface area contributed by atoms with Gasteiger partial charge in [-0.3, -0.25) is 4.90 Å². The molecule has 12 heavy (non-hydrogen) atoms. The zero-order valence-electron chi connectivity index (χ0n) is 7.41. The Morgan fingerprint density at radius 1 is 1.42 bits per heavy atom. The third-order valence-corrected chi connectivity index (χ3v) is 2.15. The first-order valence-electron chi connectivity index (χ1n) is 4.49. The van der Waals surface area contributed by atoms with Crippen LogP contribution in [0, 0.1) is 0 Å². The Morgan fingerprint density at radius 2 is 2.08 bits per heavy atom. The number of morpholine rings is 1. The first-order chi connectivity index (χ1) is 5.83. The molecule has 1 aliphatic heterocycles. The number of rotatable bonds is 4. The predicted octanol–water partition coefficient (Wildman–Crippen LogP) is -0.972. The minimum Gasteiger partial charge on any atom is -0.395 e. The normalized spacial score (nSPS) is 22.5. The van der Waals surface area contributed by atoms with E-state index in [-0.39, 0.29) is 12.6 Å².